The lowest BCUT2D eigenvalue weighted by atomic mass is 9.85. The molecule has 0 aromatic heterocycles. The van der Waals surface area contributed by atoms with Gasteiger partial charge < -0.3 is 10.1 Å². The van der Waals surface area contributed by atoms with Crippen LogP contribution in [0.1, 0.15) is 65.7 Å². The summed E-state index contributed by atoms with van der Waals surface area (Å²) < 4.78 is 5.38. The molecule has 5 heteroatoms. The molecule has 0 spiro atoms. The second kappa shape index (κ2) is 7.09. The highest BCUT2D eigenvalue weighted by atomic mass is 16.6. The first kappa shape index (κ1) is 17.4. The van der Waals surface area contributed by atoms with Gasteiger partial charge in [-0.25, -0.2) is 9.59 Å². The van der Waals surface area contributed by atoms with Crippen molar-refractivity contribution in [2.24, 2.45) is 0 Å². The molecule has 0 saturated carbocycles. The van der Waals surface area contributed by atoms with Crippen molar-refractivity contribution in [2.75, 3.05) is 19.6 Å². The number of carbonyl (C=O) groups is 2. The highest BCUT2D eigenvalue weighted by molar-refractivity contribution is 5.86. The molecule has 0 aromatic carbocycles. The third kappa shape index (κ3) is 4.07. The predicted octanol–water partition coefficient (Wildman–Crippen LogP) is 0.826. The maximum Gasteiger partial charge on any atom is 0.369 e. The van der Waals surface area contributed by atoms with Crippen molar-refractivity contribution < 1.29 is 19.2 Å². The molecule has 0 aromatic rings. The maximum absolute atomic E-state index is 12.0. The molecule has 3 saturated heterocycles. The summed E-state index contributed by atoms with van der Waals surface area (Å²) in [7, 11) is 0. The van der Waals surface area contributed by atoms with Crippen molar-refractivity contribution in [3.8, 4) is 0 Å². The van der Waals surface area contributed by atoms with E-state index >= 15 is 0 Å². The minimum absolute atomic E-state index is 0.173. The summed E-state index contributed by atoms with van der Waals surface area (Å²) in [5.41, 5.74) is -0.984. The zero-order valence-electron chi connectivity index (χ0n) is 14.3. The van der Waals surface area contributed by atoms with Crippen molar-refractivity contribution in [1.29, 1.82) is 0 Å². The van der Waals surface area contributed by atoms with Gasteiger partial charge in [0, 0.05) is 6.42 Å². The average Bonchev–Trinajstić information content (AvgIpc) is 2.63. The SMILES string of the molecule is C1CCCNCC1.CC(C)(C)OC(=O)C12CCC(=O)[NH+]1CC2. The number of fused-ring (bicyclic) bond motifs is 1. The molecule has 22 heavy (non-hydrogen) atoms. The maximum atomic E-state index is 12.0. The second-order valence-corrected chi connectivity index (χ2v) is 7.65. The minimum atomic E-state index is -0.523. The fraction of sp³-hybridized carbons (Fsp3) is 0.882. The quantitative estimate of drug-likeness (QED) is 0.704. The standard InChI is InChI=1S/C11H17NO3.C6H13N/c1-10(2,3)15-9(14)11-5-4-8(13)12(11)7-6-11;1-2-4-6-7-5-3-1/h4-7H2,1-3H3;7H,1-6H2/p+1. The highest BCUT2D eigenvalue weighted by Gasteiger charge is 2.64. The first-order valence-electron chi connectivity index (χ1n) is 8.69. The van der Waals surface area contributed by atoms with Crippen LogP contribution in [-0.4, -0.2) is 42.7 Å². The Morgan fingerprint density at radius 1 is 1.14 bits per heavy atom. The van der Waals surface area contributed by atoms with Crippen LogP contribution in [0.25, 0.3) is 0 Å². The minimum Gasteiger partial charge on any atom is -0.455 e. The number of hydrogen-bond donors (Lipinski definition) is 2. The van der Waals surface area contributed by atoms with E-state index in [4.69, 9.17) is 4.74 Å². The Labute approximate surface area is 133 Å². The van der Waals surface area contributed by atoms with Crippen LogP contribution in [0.3, 0.4) is 0 Å². The van der Waals surface area contributed by atoms with Gasteiger partial charge in [0.2, 0.25) is 5.54 Å². The van der Waals surface area contributed by atoms with Crippen LogP contribution in [0.15, 0.2) is 0 Å². The normalized spacial score (nSPS) is 31.2. The summed E-state index contributed by atoms with van der Waals surface area (Å²) in [5, 5.41) is 3.35. The number of carbonyl (C=O) groups excluding carboxylic acids is 2. The van der Waals surface area contributed by atoms with Crippen molar-refractivity contribution in [2.45, 2.75) is 76.9 Å². The molecule has 126 valence electrons. The molecule has 2 atom stereocenters. The first-order chi connectivity index (χ1) is 10.4. The summed E-state index contributed by atoms with van der Waals surface area (Å²) in [6.07, 6.45) is 7.63. The third-order valence-electron chi connectivity index (χ3n) is 4.74. The number of rotatable bonds is 1. The van der Waals surface area contributed by atoms with Gasteiger partial charge in [-0.1, -0.05) is 12.8 Å². The molecule has 0 radical (unpaired) electrons. The Bertz CT molecular complexity index is 397. The van der Waals surface area contributed by atoms with Gasteiger partial charge in [-0.05, 0) is 46.7 Å². The van der Waals surface area contributed by atoms with E-state index < -0.39 is 11.1 Å². The smallest absolute Gasteiger partial charge is 0.369 e. The molecular formula is C17H31N2O3+. The van der Waals surface area contributed by atoms with Gasteiger partial charge in [-0.3, -0.25) is 4.90 Å². The summed E-state index contributed by atoms with van der Waals surface area (Å²) in [5.74, 6) is -0.0193. The van der Waals surface area contributed by atoms with Crippen molar-refractivity contribution in [3.63, 3.8) is 0 Å². The number of quaternary nitrogens is 1. The van der Waals surface area contributed by atoms with Gasteiger partial charge in [-0.15, -0.1) is 0 Å². The molecule has 0 bridgehead atoms. The molecule has 2 unspecified atom stereocenters. The number of amides is 1. The summed E-state index contributed by atoms with van der Waals surface area (Å²) in [6.45, 7) is 8.86. The van der Waals surface area contributed by atoms with Crippen LogP contribution in [0.2, 0.25) is 0 Å². The monoisotopic (exact) mass is 311 g/mol. The van der Waals surface area contributed by atoms with Gasteiger partial charge in [0.15, 0.2) is 0 Å². The Kier molecular flexibility index (Phi) is 5.61. The Morgan fingerprint density at radius 3 is 2.23 bits per heavy atom. The van der Waals surface area contributed by atoms with E-state index in [1.54, 1.807) is 0 Å². The van der Waals surface area contributed by atoms with E-state index in [2.05, 4.69) is 5.32 Å². The molecule has 3 fully saturated rings. The van der Waals surface area contributed by atoms with E-state index in [0.29, 0.717) is 12.8 Å². The molecule has 1 amide bonds. The Hall–Kier alpha value is -0.940. The van der Waals surface area contributed by atoms with E-state index in [0.717, 1.165) is 17.9 Å². The molecule has 2 N–H and O–H groups in total. The van der Waals surface area contributed by atoms with E-state index in [9.17, 15) is 9.59 Å². The van der Waals surface area contributed by atoms with Crippen LogP contribution in [0.4, 0.5) is 0 Å². The number of hydrogen-bond acceptors (Lipinski definition) is 4. The molecule has 3 aliphatic heterocycles. The summed E-state index contributed by atoms with van der Waals surface area (Å²) in [6, 6.07) is 0. The van der Waals surface area contributed by atoms with Crippen LogP contribution < -0.4 is 10.2 Å². The lowest BCUT2D eigenvalue weighted by molar-refractivity contribution is -0.905. The lowest BCUT2D eigenvalue weighted by Crippen LogP contribution is -3.27. The highest BCUT2D eigenvalue weighted by Crippen LogP contribution is 2.28. The van der Waals surface area contributed by atoms with Gasteiger partial charge in [0.25, 0.3) is 0 Å². The topological polar surface area (TPSA) is 59.8 Å². The van der Waals surface area contributed by atoms with Crippen LogP contribution >= 0.6 is 0 Å². The molecule has 3 heterocycles. The van der Waals surface area contributed by atoms with Crippen LogP contribution in [0.5, 0.6) is 0 Å². The van der Waals surface area contributed by atoms with E-state index in [-0.39, 0.29) is 11.9 Å². The van der Waals surface area contributed by atoms with Crippen molar-refractivity contribution in [1.82, 2.24) is 5.32 Å². The molecular weight excluding hydrogens is 280 g/mol. The predicted molar refractivity (Wildman–Crippen MR) is 84.6 cm³/mol. The zero-order chi connectivity index (χ0) is 16.2. The molecule has 3 rings (SSSR count). The first-order valence-corrected chi connectivity index (χ1v) is 8.69. The van der Waals surface area contributed by atoms with E-state index in [1.165, 1.54) is 38.8 Å². The second-order valence-electron chi connectivity index (χ2n) is 7.65. The largest absolute Gasteiger partial charge is 0.455 e. The number of ether oxygens (including phenoxy) is 1. The Balaban J connectivity index is 0.000000211. The van der Waals surface area contributed by atoms with Crippen molar-refractivity contribution >= 4 is 11.9 Å². The zero-order valence-corrected chi connectivity index (χ0v) is 14.3. The summed E-state index contributed by atoms with van der Waals surface area (Å²) in [4.78, 5) is 24.3. The number of nitrogens with one attached hydrogen (secondary N) is 2. The molecule has 5 nitrogen and oxygen atoms in total. The van der Waals surface area contributed by atoms with Crippen LogP contribution in [0, 0.1) is 0 Å². The molecule has 0 aliphatic carbocycles. The fourth-order valence-electron chi connectivity index (χ4n) is 3.39. The third-order valence-corrected chi connectivity index (χ3v) is 4.74. The average molecular weight is 311 g/mol. The van der Waals surface area contributed by atoms with Gasteiger partial charge >= 0.3 is 11.9 Å². The van der Waals surface area contributed by atoms with Gasteiger partial charge in [0.1, 0.15) is 5.60 Å². The van der Waals surface area contributed by atoms with Crippen LogP contribution in [-0.2, 0) is 14.3 Å². The van der Waals surface area contributed by atoms with Gasteiger partial charge in [0.05, 0.1) is 19.4 Å². The Morgan fingerprint density at radius 2 is 1.77 bits per heavy atom. The number of esters is 1. The fourth-order valence-corrected chi connectivity index (χ4v) is 3.39. The van der Waals surface area contributed by atoms with Crippen molar-refractivity contribution in [3.05, 3.63) is 0 Å². The lowest BCUT2D eigenvalue weighted by Gasteiger charge is -2.40. The summed E-state index contributed by atoms with van der Waals surface area (Å²) >= 11 is 0. The molecule has 3 aliphatic rings. The van der Waals surface area contributed by atoms with Gasteiger partial charge in [-0.2, -0.15) is 0 Å². The van der Waals surface area contributed by atoms with E-state index in [1.807, 2.05) is 20.8 Å².